The van der Waals surface area contributed by atoms with E-state index in [1.165, 1.54) is 44.1 Å². The highest BCUT2D eigenvalue weighted by atomic mass is 32.1. The number of rotatable bonds is 9. The van der Waals surface area contributed by atoms with E-state index in [1.807, 2.05) is 32.0 Å². The third kappa shape index (κ3) is 4.97. The lowest BCUT2D eigenvalue weighted by molar-refractivity contribution is -0.385. The van der Waals surface area contributed by atoms with Crippen molar-refractivity contribution in [2.75, 3.05) is 34.4 Å². The monoisotopic (exact) mass is 566 g/mol. The number of amides is 1. The van der Waals surface area contributed by atoms with Crippen molar-refractivity contribution in [3.8, 4) is 17.2 Å². The van der Waals surface area contributed by atoms with E-state index in [4.69, 9.17) is 14.2 Å². The minimum atomic E-state index is -0.802. The molecule has 4 rings (SSSR count). The zero-order chi connectivity index (χ0) is 29.1. The normalized spacial score (nSPS) is 14.8. The van der Waals surface area contributed by atoms with Gasteiger partial charge in [-0.15, -0.1) is 0 Å². The molecule has 0 N–H and O–H groups in total. The van der Waals surface area contributed by atoms with Crippen LogP contribution in [0.15, 0.2) is 57.5 Å². The average Bonchev–Trinajstić information content (AvgIpc) is 3.26. The van der Waals surface area contributed by atoms with Crippen LogP contribution in [0.4, 0.5) is 5.69 Å². The summed E-state index contributed by atoms with van der Waals surface area (Å²) in [5.41, 5.74) is 1.17. The molecule has 1 aliphatic heterocycles. The Morgan fingerprint density at radius 3 is 2.40 bits per heavy atom. The summed E-state index contributed by atoms with van der Waals surface area (Å²) in [4.78, 5) is 45.6. The van der Waals surface area contributed by atoms with Crippen molar-refractivity contribution in [1.29, 1.82) is 0 Å². The first-order valence-electron chi connectivity index (χ1n) is 12.6. The summed E-state index contributed by atoms with van der Waals surface area (Å²) in [6.07, 6.45) is 1.52. The summed E-state index contributed by atoms with van der Waals surface area (Å²) in [5.74, 6) is 0.701. The Labute approximate surface area is 234 Å². The fourth-order valence-electron chi connectivity index (χ4n) is 4.80. The highest BCUT2D eigenvalue weighted by molar-refractivity contribution is 7.07. The third-order valence-corrected chi connectivity index (χ3v) is 7.71. The van der Waals surface area contributed by atoms with Crippen LogP contribution in [-0.4, -0.2) is 54.7 Å². The molecule has 0 spiro atoms. The zero-order valence-corrected chi connectivity index (χ0v) is 23.9. The summed E-state index contributed by atoms with van der Waals surface area (Å²) in [6.45, 7) is 6.52. The number of likely N-dealkylation sites (N-methyl/N-ethyl adjacent to an activating group) is 1. The van der Waals surface area contributed by atoms with Crippen LogP contribution in [0.3, 0.4) is 0 Å². The molecule has 0 saturated heterocycles. The zero-order valence-electron chi connectivity index (χ0n) is 23.1. The van der Waals surface area contributed by atoms with Gasteiger partial charge in [-0.3, -0.25) is 24.3 Å². The average molecular weight is 567 g/mol. The summed E-state index contributed by atoms with van der Waals surface area (Å²) < 4.78 is 18.1. The van der Waals surface area contributed by atoms with E-state index in [1.54, 1.807) is 17.9 Å². The van der Waals surface area contributed by atoms with E-state index >= 15 is 0 Å². The molecule has 0 aliphatic carbocycles. The highest BCUT2D eigenvalue weighted by Gasteiger charge is 2.35. The lowest BCUT2D eigenvalue weighted by Crippen LogP contribution is -2.43. The van der Waals surface area contributed by atoms with E-state index in [0.29, 0.717) is 46.0 Å². The first-order valence-corrected chi connectivity index (χ1v) is 13.4. The standard InChI is InChI=1S/C28H30N4O7S/c1-7-30(8-2)27(34)23-16(3)29-28-31(24(23)19-11-9-10-12-20(19)37-4)26(33)22(40-28)14-17-13-18(32(35)36)15-21(38-5)25(17)39-6/h9-15,24H,7-8H2,1-6H3/b22-14-/t24-/m1/s1. The molecule has 2 heterocycles. The molecule has 40 heavy (non-hydrogen) atoms. The Bertz CT molecular complexity index is 1690. The van der Waals surface area contributed by atoms with Crippen LogP contribution in [0.5, 0.6) is 17.2 Å². The fourth-order valence-corrected chi connectivity index (χ4v) is 5.83. The second-order valence-electron chi connectivity index (χ2n) is 8.83. The van der Waals surface area contributed by atoms with Crippen molar-refractivity contribution in [3.05, 3.63) is 88.6 Å². The van der Waals surface area contributed by atoms with Crippen molar-refractivity contribution in [2.24, 2.45) is 4.99 Å². The van der Waals surface area contributed by atoms with Crippen LogP contribution >= 0.6 is 11.3 Å². The minimum absolute atomic E-state index is 0.158. The smallest absolute Gasteiger partial charge is 0.274 e. The van der Waals surface area contributed by atoms with Crippen LogP contribution in [0.2, 0.25) is 0 Å². The molecular formula is C28H30N4O7S. The molecule has 1 aromatic heterocycles. The molecule has 0 saturated carbocycles. The molecule has 0 unspecified atom stereocenters. The van der Waals surface area contributed by atoms with Gasteiger partial charge in [-0.2, -0.15) is 0 Å². The Balaban J connectivity index is 2.04. The van der Waals surface area contributed by atoms with Crippen LogP contribution in [0.25, 0.3) is 6.08 Å². The molecule has 0 radical (unpaired) electrons. The van der Waals surface area contributed by atoms with E-state index in [-0.39, 0.29) is 27.6 Å². The number of methoxy groups -OCH3 is 3. The quantitative estimate of drug-likeness (QED) is 0.288. The van der Waals surface area contributed by atoms with Crippen LogP contribution < -0.4 is 29.1 Å². The summed E-state index contributed by atoms with van der Waals surface area (Å²) in [7, 11) is 4.33. The molecule has 1 amide bonds. The Morgan fingerprint density at radius 1 is 1.12 bits per heavy atom. The van der Waals surface area contributed by atoms with E-state index in [2.05, 4.69) is 4.99 Å². The van der Waals surface area contributed by atoms with Gasteiger partial charge in [-0.1, -0.05) is 29.5 Å². The number of benzene rings is 2. The molecule has 210 valence electrons. The lowest BCUT2D eigenvalue weighted by Gasteiger charge is -2.29. The number of fused-ring (bicyclic) bond motifs is 1. The third-order valence-electron chi connectivity index (χ3n) is 6.73. The molecular weight excluding hydrogens is 536 g/mol. The number of non-ortho nitro benzene ring substituents is 1. The maximum atomic E-state index is 14.0. The number of hydrogen-bond acceptors (Lipinski definition) is 9. The number of hydrogen-bond donors (Lipinski definition) is 0. The van der Waals surface area contributed by atoms with Crippen molar-refractivity contribution < 1.29 is 23.9 Å². The minimum Gasteiger partial charge on any atom is -0.496 e. The number of carbonyl (C=O) groups is 1. The molecule has 12 heteroatoms. The summed E-state index contributed by atoms with van der Waals surface area (Å²) >= 11 is 1.12. The summed E-state index contributed by atoms with van der Waals surface area (Å²) in [5, 5.41) is 11.6. The Kier molecular flexibility index (Phi) is 8.38. The van der Waals surface area contributed by atoms with Gasteiger partial charge in [0.15, 0.2) is 16.3 Å². The number of thiazole rings is 1. The number of aromatic nitrogens is 1. The maximum absolute atomic E-state index is 14.0. The molecule has 0 fully saturated rings. The predicted molar refractivity (Wildman–Crippen MR) is 151 cm³/mol. The number of nitrogens with zero attached hydrogens (tertiary/aromatic N) is 4. The Morgan fingerprint density at radius 2 is 1.80 bits per heavy atom. The second-order valence-corrected chi connectivity index (χ2v) is 9.84. The highest BCUT2D eigenvalue weighted by Crippen LogP contribution is 2.37. The van der Waals surface area contributed by atoms with E-state index in [0.717, 1.165) is 11.3 Å². The largest absolute Gasteiger partial charge is 0.496 e. The lowest BCUT2D eigenvalue weighted by atomic mass is 9.94. The molecule has 0 bridgehead atoms. The van der Waals surface area contributed by atoms with Crippen molar-refractivity contribution in [2.45, 2.75) is 26.8 Å². The number of nitro groups is 1. The van der Waals surface area contributed by atoms with Crippen molar-refractivity contribution >= 4 is 29.0 Å². The first-order chi connectivity index (χ1) is 19.2. The van der Waals surface area contributed by atoms with Crippen LogP contribution in [-0.2, 0) is 4.79 Å². The molecule has 1 aliphatic rings. The molecule has 1 atom stereocenters. The fraction of sp³-hybridized carbons (Fsp3) is 0.321. The summed E-state index contributed by atoms with van der Waals surface area (Å²) in [6, 6.07) is 9.01. The first kappa shape index (κ1) is 28.6. The predicted octanol–water partition coefficient (Wildman–Crippen LogP) is 3.04. The number of allylic oxidation sites excluding steroid dienone is 1. The second kappa shape index (κ2) is 11.7. The molecule has 2 aromatic carbocycles. The maximum Gasteiger partial charge on any atom is 0.274 e. The Hall–Kier alpha value is -4.45. The number of ether oxygens (including phenoxy) is 3. The number of carbonyl (C=O) groups excluding carboxylic acids is 1. The molecule has 11 nitrogen and oxygen atoms in total. The van der Waals surface area contributed by atoms with Gasteiger partial charge in [-0.25, -0.2) is 4.99 Å². The SMILES string of the molecule is CCN(CC)C(=O)C1=C(C)N=c2s/c(=C\c3cc([N+](=O)[O-])cc(OC)c3OC)c(=O)n2[C@@H]1c1ccccc1OC. The van der Waals surface area contributed by atoms with E-state index in [9.17, 15) is 19.7 Å². The van der Waals surface area contributed by atoms with Gasteiger partial charge in [0.05, 0.1) is 48.1 Å². The number of para-hydroxylation sites is 1. The van der Waals surface area contributed by atoms with Crippen molar-refractivity contribution in [3.63, 3.8) is 0 Å². The van der Waals surface area contributed by atoms with E-state index < -0.39 is 16.5 Å². The van der Waals surface area contributed by atoms with Gasteiger partial charge in [0, 0.05) is 30.3 Å². The van der Waals surface area contributed by atoms with Gasteiger partial charge in [-0.05, 0) is 32.9 Å². The molecule has 3 aromatic rings. The van der Waals surface area contributed by atoms with Gasteiger partial charge in [0.1, 0.15) is 11.8 Å². The van der Waals surface area contributed by atoms with Gasteiger partial charge < -0.3 is 19.1 Å². The van der Waals surface area contributed by atoms with Crippen LogP contribution in [0.1, 0.15) is 37.9 Å². The topological polar surface area (TPSA) is 126 Å². The number of nitro benzene ring substituents is 1. The van der Waals surface area contributed by atoms with Crippen LogP contribution in [0, 0.1) is 10.1 Å². The van der Waals surface area contributed by atoms with Gasteiger partial charge >= 0.3 is 0 Å². The van der Waals surface area contributed by atoms with Gasteiger partial charge in [0.25, 0.3) is 17.2 Å². The van der Waals surface area contributed by atoms with Gasteiger partial charge in [0.2, 0.25) is 0 Å². The van der Waals surface area contributed by atoms with Crippen molar-refractivity contribution in [1.82, 2.24) is 9.47 Å².